The van der Waals surface area contributed by atoms with E-state index in [0.717, 1.165) is 27.0 Å². The van der Waals surface area contributed by atoms with Crippen LogP contribution in [0.5, 0.6) is 5.75 Å². The van der Waals surface area contributed by atoms with Gasteiger partial charge < -0.3 is 9.64 Å². The van der Waals surface area contributed by atoms with Crippen LogP contribution in [-0.4, -0.2) is 19.6 Å². The SMILES string of the molecule is Cc1c(Br)cc2c(c1C)OCC(C)(C)C(=O)N2C. The van der Waals surface area contributed by atoms with E-state index in [1.54, 1.807) is 11.9 Å². The first-order valence-electron chi connectivity index (χ1n) is 5.96. The molecule has 0 radical (unpaired) electrons. The second-order valence-electron chi connectivity index (χ2n) is 5.49. The molecule has 0 N–H and O–H groups in total. The Morgan fingerprint density at radius 3 is 2.56 bits per heavy atom. The lowest BCUT2D eigenvalue weighted by Crippen LogP contribution is -2.39. The van der Waals surface area contributed by atoms with Crippen molar-refractivity contribution in [1.29, 1.82) is 0 Å². The van der Waals surface area contributed by atoms with E-state index in [1.807, 2.05) is 33.8 Å². The Kier molecular flexibility index (Phi) is 3.18. The number of carbonyl (C=O) groups is 1. The first kappa shape index (κ1) is 13.4. The average Bonchev–Trinajstić information content (AvgIpc) is 2.39. The number of rotatable bonds is 0. The van der Waals surface area contributed by atoms with Crippen LogP contribution >= 0.6 is 15.9 Å². The van der Waals surface area contributed by atoms with Crippen molar-refractivity contribution >= 4 is 27.5 Å². The van der Waals surface area contributed by atoms with E-state index < -0.39 is 5.41 Å². The summed E-state index contributed by atoms with van der Waals surface area (Å²) in [5.41, 5.74) is 2.56. The maximum absolute atomic E-state index is 12.4. The highest BCUT2D eigenvalue weighted by Crippen LogP contribution is 2.41. The molecule has 18 heavy (non-hydrogen) atoms. The summed E-state index contributed by atoms with van der Waals surface area (Å²) < 4.78 is 6.89. The number of hydrogen-bond donors (Lipinski definition) is 0. The predicted octanol–water partition coefficient (Wildman–Crippen LogP) is 3.45. The standard InChI is InChI=1S/C14H18BrNO2/c1-8-9(2)12-11(6-10(8)15)16(5)13(17)14(3,4)7-18-12/h6H,7H2,1-5H3. The molecular formula is C14H18BrNO2. The van der Waals surface area contributed by atoms with Crippen molar-refractivity contribution in [2.24, 2.45) is 5.41 Å². The number of nitrogens with zero attached hydrogens (tertiary/aromatic N) is 1. The van der Waals surface area contributed by atoms with Gasteiger partial charge in [-0.25, -0.2) is 0 Å². The second-order valence-corrected chi connectivity index (χ2v) is 6.35. The minimum atomic E-state index is -0.499. The normalized spacial score (nSPS) is 18.1. The molecule has 0 aromatic heterocycles. The number of halogens is 1. The quantitative estimate of drug-likeness (QED) is 0.734. The number of carbonyl (C=O) groups excluding carboxylic acids is 1. The fourth-order valence-corrected chi connectivity index (χ4v) is 2.66. The van der Waals surface area contributed by atoms with E-state index >= 15 is 0 Å². The van der Waals surface area contributed by atoms with Crippen LogP contribution in [0.4, 0.5) is 5.69 Å². The van der Waals surface area contributed by atoms with Gasteiger partial charge in [0, 0.05) is 11.5 Å². The zero-order valence-electron chi connectivity index (χ0n) is 11.4. The molecule has 0 saturated heterocycles. The van der Waals surface area contributed by atoms with Crippen molar-refractivity contribution in [3.63, 3.8) is 0 Å². The lowest BCUT2D eigenvalue weighted by Gasteiger charge is -2.24. The summed E-state index contributed by atoms with van der Waals surface area (Å²) in [4.78, 5) is 14.1. The van der Waals surface area contributed by atoms with Crippen molar-refractivity contribution in [2.45, 2.75) is 27.7 Å². The van der Waals surface area contributed by atoms with Crippen LogP contribution in [0.3, 0.4) is 0 Å². The molecule has 0 atom stereocenters. The Labute approximate surface area is 116 Å². The summed E-state index contributed by atoms with van der Waals surface area (Å²) >= 11 is 3.53. The highest BCUT2D eigenvalue weighted by Gasteiger charge is 2.36. The van der Waals surface area contributed by atoms with Gasteiger partial charge in [0.05, 0.1) is 11.1 Å². The molecule has 1 amide bonds. The molecule has 0 fully saturated rings. The van der Waals surface area contributed by atoms with E-state index in [2.05, 4.69) is 15.9 Å². The lowest BCUT2D eigenvalue weighted by molar-refractivity contribution is -0.127. The number of fused-ring (bicyclic) bond motifs is 1. The molecule has 1 aromatic carbocycles. The van der Waals surface area contributed by atoms with Crippen LogP contribution in [0.25, 0.3) is 0 Å². The molecule has 1 aliphatic heterocycles. The Hall–Kier alpha value is -1.03. The summed E-state index contributed by atoms with van der Waals surface area (Å²) in [5, 5.41) is 0. The van der Waals surface area contributed by atoms with Crippen LogP contribution in [0.15, 0.2) is 10.5 Å². The van der Waals surface area contributed by atoms with Gasteiger partial charge >= 0.3 is 0 Å². The fourth-order valence-electron chi connectivity index (χ4n) is 2.14. The average molecular weight is 312 g/mol. The summed E-state index contributed by atoms with van der Waals surface area (Å²) in [6.07, 6.45) is 0. The zero-order chi connectivity index (χ0) is 13.7. The van der Waals surface area contributed by atoms with E-state index in [0.29, 0.717) is 6.61 Å². The third-order valence-corrected chi connectivity index (χ3v) is 4.40. The Morgan fingerprint density at radius 1 is 1.33 bits per heavy atom. The van der Waals surface area contributed by atoms with Gasteiger partial charge in [-0.15, -0.1) is 0 Å². The molecule has 1 heterocycles. The highest BCUT2D eigenvalue weighted by molar-refractivity contribution is 9.10. The molecular weight excluding hydrogens is 294 g/mol. The first-order chi connectivity index (χ1) is 8.25. The second kappa shape index (κ2) is 4.26. The van der Waals surface area contributed by atoms with Crippen molar-refractivity contribution in [2.75, 3.05) is 18.6 Å². The minimum Gasteiger partial charge on any atom is -0.490 e. The highest BCUT2D eigenvalue weighted by atomic mass is 79.9. The van der Waals surface area contributed by atoms with Gasteiger partial charge in [-0.05, 0) is 44.9 Å². The molecule has 0 bridgehead atoms. The van der Waals surface area contributed by atoms with Gasteiger partial charge in [0.25, 0.3) is 0 Å². The summed E-state index contributed by atoms with van der Waals surface area (Å²) in [7, 11) is 1.80. The van der Waals surface area contributed by atoms with Crippen LogP contribution < -0.4 is 9.64 Å². The maximum atomic E-state index is 12.4. The van der Waals surface area contributed by atoms with Gasteiger partial charge in [-0.2, -0.15) is 0 Å². The first-order valence-corrected chi connectivity index (χ1v) is 6.75. The summed E-state index contributed by atoms with van der Waals surface area (Å²) in [6.45, 7) is 8.30. The van der Waals surface area contributed by atoms with E-state index in [9.17, 15) is 4.79 Å². The number of ether oxygens (including phenoxy) is 1. The van der Waals surface area contributed by atoms with E-state index in [1.165, 1.54) is 0 Å². The van der Waals surface area contributed by atoms with E-state index in [-0.39, 0.29) is 5.91 Å². The summed E-state index contributed by atoms with van der Waals surface area (Å²) in [5.74, 6) is 0.897. The molecule has 3 nitrogen and oxygen atoms in total. The third-order valence-electron chi connectivity index (χ3n) is 3.58. The molecule has 4 heteroatoms. The number of anilines is 1. The number of hydrogen-bond acceptors (Lipinski definition) is 2. The molecule has 0 spiro atoms. The van der Waals surface area contributed by atoms with E-state index in [4.69, 9.17) is 4.74 Å². The van der Waals surface area contributed by atoms with Gasteiger partial charge in [0.15, 0.2) is 0 Å². The summed E-state index contributed by atoms with van der Waals surface area (Å²) in [6, 6.07) is 1.96. The lowest BCUT2D eigenvalue weighted by atomic mass is 9.93. The predicted molar refractivity (Wildman–Crippen MR) is 76.3 cm³/mol. The van der Waals surface area contributed by atoms with Crippen molar-refractivity contribution in [3.05, 3.63) is 21.7 Å². The van der Waals surface area contributed by atoms with Gasteiger partial charge in [-0.3, -0.25) is 4.79 Å². The molecule has 0 aliphatic carbocycles. The van der Waals surface area contributed by atoms with Crippen LogP contribution in [-0.2, 0) is 4.79 Å². The van der Waals surface area contributed by atoms with Gasteiger partial charge in [-0.1, -0.05) is 15.9 Å². The Bertz CT molecular complexity index is 523. The maximum Gasteiger partial charge on any atom is 0.235 e. The molecule has 98 valence electrons. The van der Waals surface area contributed by atoms with Gasteiger partial charge in [0.1, 0.15) is 12.4 Å². The van der Waals surface area contributed by atoms with Crippen molar-refractivity contribution in [1.82, 2.24) is 0 Å². The molecule has 0 unspecified atom stereocenters. The van der Waals surface area contributed by atoms with Crippen LogP contribution in [0.2, 0.25) is 0 Å². The number of benzene rings is 1. The Balaban J connectivity index is 2.65. The van der Waals surface area contributed by atoms with Crippen molar-refractivity contribution in [3.8, 4) is 5.75 Å². The molecule has 1 aliphatic rings. The van der Waals surface area contributed by atoms with Crippen LogP contribution in [0.1, 0.15) is 25.0 Å². The molecule has 1 aromatic rings. The monoisotopic (exact) mass is 311 g/mol. The van der Waals surface area contributed by atoms with Crippen molar-refractivity contribution < 1.29 is 9.53 Å². The largest absolute Gasteiger partial charge is 0.490 e. The fraction of sp³-hybridized carbons (Fsp3) is 0.500. The number of amides is 1. The molecule has 2 rings (SSSR count). The molecule has 0 saturated carbocycles. The smallest absolute Gasteiger partial charge is 0.235 e. The third kappa shape index (κ3) is 1.92. The van der Waals surface area contributed by atoms with Gasteiger partial charge in [0.2, 0.25) is 5.91 Å². The zero-order valence-corrected chi connectivity index (χ0v) is 13.0. The minimum absolute atomic E-state index is 0.0800. The topological polar surface area (TPSA) is 29.5 Å². The van der Waals surface area contributed by atoms with Crippen LogP contribution in [0, 0.1) is 19.3 Å². The Morgan fingerprint density at radius 2 is 1.94 bits per heavy atom.